The summed E-state index contributed by atoms with van der Waals surface area (Å²) in [6.45, 7) is 2.40. The Morgan fingerprint density at radius 2 is 1.51 bits per heavy atom. The Bertz CT molecular complexity index is 1220. The first-order valence-corrected chi connectivity index (χ1v) is 14.3. The van der Waals surface area contributed by atoms with E-state index >= 15 is 0 Å². The molecule has 8 nitrogen and oxygen atoms in total. The third kappa shape index (κ3) is 8.35. The van der Waals surface area contributed by atoms with Crippen molar-refractivity contribution in [2.45, 2.75) is 80.8 Å². The van der Waals surface area contributed by atoms with E-state index in [0.29, 0.717) is 18.0 Å². The molecule has 0 heterocycles. The van der Waals surface area contributed by atoms with Crippen molar-refractivity contribution in [3.8, 4) is 5.75 Å². The van der Waals surface area contributed by atoms with Gasteiger partial charge in [0.1, 0.15) is 5.75 Å². The molecule has 1 amide bonds. The molecule has 2 saturated carbocycles. The minimum atomic E-state index is -5.08. The molecule has 2 aliphatic carbocycles. The largest absolute Gasteiger partial charge is 0.494 e. The number of ether oxygens (including phenoxy) is 1. The van der Waals surface area contributed by atoms with E-state index in [1.807, 2.05) is 19.1 Å². The number of anilines is 1. The molecular formula is C27H33F3N2O6S. The number of aliphatic carboxylic acids is 1. The van der Waals surface area contributed by atoms with Crippen LogP contribution in [0.3, 0.4) is 0 Å². The number of nitrogens with one attached hydrogen (secondary N) is 2. The van der Waals surface area contributed by atoms with E-state index in [-0.39, 0.29) is 16.8 Å². The van der Waals surface area contributed by atoms with Gasteiger partial charge in [-0.15, -0.1) is 0 Å². The van der Waals surface area contributed by atoms with Gasteiger partial charge in [-0.1, -0.05) is 37.8 Å². The van der Waals surface area contributed by atoms with E-state index in [9.17, 15) is 26.4 Å². The fourth-order valence-electron chi connectivity index (χ4n) is 4.47. The van der Waals surface area contributed by atoms with Crippen molar-refractivity contribution < 1.29 is 41.0 Å². The summed E-state index contributed by atoms with van der Waals surface area (Å²) in [6.07, 6.45) is 3.59. The second kappa shape index (κ2) is 12.7. The summed E-state index contributed by atoms with van der Waals surface area (Å²) in [4.78, 5) is 22.1. The number of halogens is 3. The predicted octanol–water partition coefficient (Wildman–Crippen LogP) is 5.39. The van der Waals surface area contributed by atoms with Crippen LogP contribution in [-0.4, -0.2) is 44.2 Å². The standard InChI is InChI=1S/C25H32N2O4S.C2HF3O2/c1-2-31-22-13-15-23(16-14-22)32(29,30)27-21-11-9-19(10-12-21)25(17-18-25)24(28)26-20-7-5-3-4-6-8-20;3-2(4,5)1(6)7/h9-16,20,27H,2-8,17-18H2,1H3,(H,26,28);(H,6,7). The molecule has 12 heteroatoms. The number of amides is 1. The van der Waals surface area contributed by atoms with Gasteiger partial charge in [-0.2, -0.15) is 13.2 Å². The number of carbonyl (C=O) groups is 2. The molecule has 214 valence electrons. The zero-order valence-electron chi connectivity index (χ0n) is 21.6. The average molecular weight is 571 g/mol. The Balaban J connectivity index is 0.000000532. The smallest absolute Gasteiger partial charge is 0.490 e. The third-order valence-corrected chi connectivity index (χ3v) is 8.15. The highest BCUT2D eigenvalue weighted by Crippen LogP contribution is 2.49. The fourth-order valence-corrected chi connectivity index (χ4v) is 5.53. The molecule has 2 aromatic carbocycles. The van der Waals surface area contributed by atoms with E-state index in [0.717, 1.165) is 31.2 Å². The number of carboxylic acid groups (broad SMARTS) is 1. The van der Waals surface area contributed by atoms with Gasteiger partial charge in [-0.25, -0.2) is 13.2 Å². The van der Waals surface area contributed by atoms with Crippen molar-refractivity contribution in [3.05, 3.63) is 54.1 Å². The topological polar surface area (TPSA) is 122 Å². The van der Waals surface area contributed by atoms with Gasteiger partial charge in [0.25, 0.3) is 10.0 Å². The van der Waals surface area contributed by atoms with Gasteiger partial charge in [-0.05, 0) is 74.6 Å². The number of sulfonamides is 1. The van der Waals surface area contributed by atoms with E-state index < -0.39 is 27.6 Å². The molecule has 0 saturated heterocycles. The summed E-state index contributed by atoms with van der Waals surface area (Å²) >= 11 is 0. The first-order valence-electron chi connectivity index (χ1n) is 12.8. The molecule has 0 atom stereocenters. The van der Waals surface area contributed by atoms with E-state index in [2.05, 4.69) is 10.0 Å². The lowest BCUT2D eigenvalue weighted by Crippen LogP contribution is -2.41. The molecule has 0 radical (unpaired) electrons. The van der Waals surface area contributed by atoms with Crippen LogP contribution in [0.4, 0.5) is 18.9 Å². The molecule has 0 unspecified atom stereocenters. The van der Waals surface area contributed by atoms with Crippen molar-refractivity contribution in [3.63, 3.8) is 0 Å². The van der Waals surface area contributed by atoms with E-state index in [1.54, 1.807) is 24.3 Å². The molecule has 4 rings (SSSR count). The van der Waals surface area contributed by atoms with E-state index in [1.165, 1.54) is 37.8 Å². The molecule has 0 aromatic heterocycles. The molecular weight excluding hydrogens is 537 g/mol. The second-order valence-corrected chi connectivity index (χ2v) is 11.3. The maximum Gasteiger partial charge on any atom is 0.490 e. The maximum absolute atomic E-state index is 13.0. The highest BCUT2D eigenvalue weighted by molar-refractivity contribution is 7.92. The minimum absolute atomic E-state index is 0.118. The molecule has 39 heavy (non-hydrogen) atoms. The first kappa shape index (κ1) is 30.3. The Labute approximate surface area is 226 Å². The van der Waals surface area contributed by atoms with Crippen molar-refractivity contribution >= 4 is 27.6 Å². The second-order valence-electron chi connectivity index (χ2n) is 9.63. The summed E-state index contributed by atoms with van der Waals surface area (Å²) in [5, 5.41) is 10.4. The average Bonchev–Trinajstić information content (AvgIpc) is 3.71. The van der Waals surface area contributed by atoms with Gasteiger partial charge >= 0.3 is 12.1 Å². The maximum atomic E-state index is 13.0. The van der Waals surface area contributed by atoms with Crippen molar-refractivity contribution in [1.82, 2.24) is 5.32 Å². The van der Waals surface area contributed by atoms with Gasteiger partial charge in [-0.3, -0.25) is 9.52 Å². The minimum Gasteiger partial charge on any atom is -0.494 e. The molecule has 0 spiro atoms. The van der Waals surface area contributed by atoms with Crippen molar-refractivity contribution in [1.29, 1.82) is 0 Å². The van der Waals surface area contributed by atoms with Crippen LogP contribution in [0.25, 0.3) is 0 Å². The summed E-state index contributed by atoms with van der Waals surface area (Å²) in [5.74, 6) is -2.01. The highest BCUT2D eigenvalue weighted by atomic mass is 32.2. The summed E-state index contributed by atoms with van der Waals surface area (Å²) in [5.41, 5.74) is 0.967. The lowest BCUT2D eigenvalue weighted by Gasteiger charge is -2.22. The zero-order chi connectivity index (χ0) is 28.7. The first-order chi connectivity index (χ1) is 18.4. The Kier molecular flexibility index (Phi) is 9.87. The van der Waals surface area contributed by atoms with Gasteiger partial charge < -0.3 is 15.2 Å². The van der Waals surface area contributed by atoms with Crippen LogP contribution in [0.1, 0.15) is 63.9 Å². The van der Waals surface area contributed by atoms with Crippen LogP contribution in [0.2, 0.25) is 0 Å². The molecule has 3 N–H and O–H groups in total. The van der Waals surface area contributed by atoms with Crippen LogP contribution in [-0.2, 0) is 25.0 Å². The lowest BCUT2D eigenvalue weighted by atomic mass is 9.94. The Morgan fingerprint density at radius 1 is 0.974 bits per heavy atom. The highest BCUT2D eigenvalue weighted by Gasteiger charge is 2.51. The van der Waals surface area contributed by atoms with Gasteiger partial charge in [0, 0.05) is 11.7 Å². The number of hydrogen-bond acceptors (Lipinski definition) is 5. The third-order valence-electron chi connectivity index (χ3n) is 6.75. The van der Waals surface area contributed by atoms with Crippen LogP contribution in [0.15, 0.2) is 53.4 Å². The van der Waals surface area contributed by atoms with E-state index in [4.69, 9.17) is 14.6 Å². The SMILES string of the molecule is CCOc1ccc(S(=O)(=O)Nc2ccc(C3(C(=O)NC4CCCCCC4)CC3)cc2)cc1.O=C(O)C(F)(F)F. The van der Waals surface area contributed by atoms with Gasteiger partial charge in [0.15, 0.2) is 0 Å². The number of carboxylic acids is 1. The van der Waals surface area contributed by atoms with Crippen LogP contribution >= 0.6 is 0 Å². The summed E-state index contributed by atoms with van der Waals surface area (Å²) in [6, 6.07) is 13.8. The number of carbonyl (C=O) groups excluding carboxylic acids is 1. The number of alkyl halides is 3. The zero-order valence-corrected chi connectivity index (χ0v) is 22.4. The molecule has 2 aromatic rings. The van der Waals surface area contributed by atoms with Crippen LogP contribution in [0.5, 0.6) is 5.75 Å². The summed E-state index contributed by atoms with van der Waals surface area (Å²) < 4.78 is 65.1. The molecule has 0 aliphatic heterocycles. The van der Waals surface area contributed by atoms with Crippen LogP contribution < -0.4 is 14.8 Å². The number of hydrogen-bond donors (Lipinski definition) is 3. The van der Waals surface area contributed by atoms with Crippen molar-refractivity contribution in [2.75, 3.05) is 11.3 Å². The lowest BCUT2D eigenvalue weighted by molar-refractivity contribution is -0.192. The summed E-state index contributed by atoms with van der Waals surface area (Å²) in [7, 11) is -3.70. The molecule has 2 fully saturated rings. The Hall–Kier alpha value is -3.28. The number of benzene rings is 2. The molecule has 0 bridgehead atoms. The molecule has 2 aliphatic rings. The van der Waals surface area contributed by atoms with Gasteiger partial charge in [0.05, 0.1) is 16.9 Å². The van der Waals surface area contributed by atoms with Crippen LogP contribution in [0, 0.1) is 0 Å². The number of rotatable bonds is 8. The quantitative estimate of drug-likeness (QED) is 0.366. The monoisotopic (exact) mass is 570 g/mol. The van der Waals surface area contributed by atoms with Crippen molar-refractivity contribution in [2.24, 2.45) is 0 Å². The van der Waals surface area contributed by atoms with Gasteiger partial charge in [0.2, 0.25) is 5.91 Å². The normalized spacial score (nSPS) is 17.1. The fraction of sp³-hybridized carbons (Fsp3) is 0.481. The Morgan fingerprint density at radius 3 is 1.97 bits per heavy atom. The predicted molar refractivity (Wildman–Crippen MR) is 139 cm³/mol.